The van der Waals surface area contributed by atoms with Crippen LogP contribution in [0.2, 0.25) is 0 Å². The molecular weight excluding hydrogens is 360 g/mol. The highest BCUT2D eigenvalue weighted by Crippen LogP contribution is 2.42. The van der Waals surface area contributed by atoms with Gasteiger partial charge >= 0.3 is 6.09 Å². The molecule has 1 amide bonds. The van der Waals surface area contributed by atoms with Crippen LogP contribution in [0, 0.1) is 5.92 Å². The van der Waals surface area contributed by atoms with Crippen LogP contribution in [0.1, 0.15) is 50.8 Å². The normalized spacial score (nSPS) is 26.0. The van der Waals surface area contributed by atoms with Gasteiger partial charge in [-0.25, -0.2) is 9.78 Å². The van der Waals surface area contributed by atoms with Crippen molar-refractivity contribution in [1.29, 1.82) is 0 Å². The molecule has 0 radical (unpaired) electrons. The SMILES string of the molecule is CCC1CC(OC(=O)NCC2(O)CC2)CC1c1nnc2cnc3[nH]ccc3n12. The predicted molar refractivity (Wildman–Crippen MR) is 101 cm³/mol. The fraction of sp³-hybridized carbons (Fsp3) is 0.579. The van der Waals surface area contributed by atoms with E-state index in [2.05, 4.69) is 36.8 Å². The van der Waals surface area contributed by atoms with Gasteiger partial charge in [0.25, 0.3) is 0 Å². The molecule has 0 saturated heterocycles. The lowest BCUT2D eigenvalue weighted by Crippen LogP contribution is -2.35. The summed E-state index contributed by atoms with van der Waals surface area (Å²) in [5, 5.41) is 21.3. The smallest absolute Gasteiger partial charge is 0.407 e. The van der Waals surface area contributed by atoms with E-state index in [4.69, 9.17) is 4.74 Å². The summed E-state index contributed by atoms with van der Waals surface area (Å²) in [5.41, 5.74) is 1.74. The van der Waals surface area contributed by atoms with Crippen LogP contribution in [0.3, 0.4) is 0 Å². The van der Waals surface area contributed by atoms with Crippen molar-refractivity contribution in [3.8, 4) is 0 Å². The van der Waals surface area contributed by atoms with Gasteiger partial charge in [0.15, 0.2) is 11.3 Å². The van der Waals surface area contributed by atoms with Crippen LogP contribution in [0.4, 0.5) is 4.79 Å². The molecule has 2 saturated carbocycles. The first-order valence-electron chi connectivity index (χ1n) is 9.90. The summed E-state index contributed by atoms with van der Waals surface area (Å²) in [7, 11) is 0. The molecule has 148 valence electrons. The molecular formula is C19H24N6O3. The fourth-order valence-electron chi connectivity index (χ4n) is 4.33. The number of alkyl carbamates (subject to hydrolysis) is 1. The lowest BCUT2D eigenvalue weighted by atomic mass is 9.93. The number of carbonyl (C=O) groups is 1. The van der Waals surface area contributed by atoms with Crippen molar-refractivity contribution in [1.82, 2.24) is 29.9 Å². The van der Waals surface area contributed by atoms with Crippen molar-refractivity contribution in [2.75, 3.05) is 6.54 Å². The first kappa shape index (κ1) is 17.4. The molecule has 0 aromatic carbocycles. The van der Waals surface area contributed by atoms with Gasteiger partial charge in [0.05, 0.1) is 17.3 Å². The van der Waals surface area contributed by atoms with Gasteiger partial charge in [0.2, 0.25) is 0 Å². The summed E-state index contributed by atoms with van der Waals surface area (Å²) < 4.78 is 7.70. The van der Waals surface area contributed by atoms with Crippen molar-refractivity contribution in [2.45, 2.75) is 56.7 Å². The average Bonchev–Trinajstić information content (AvgIpc) is 3.10. The van der Waals surface area contributed by atoms with Crippen molar-refractivity contribution < 1.29 is 14.6 Å². The Balaban J connectivity index is 1.35. The van der Waals surface area contributed by atoms with Crippen LogP contribution in [0.25, 0.3) is 16.8 Å². The number of fused-ring (bicyclic) bond motifs is 3. The summed E-state index contributed by atoms with van der Waals surface area (Å²) >= 11 is 0. The maximum absolute atomic E-state index is 12.1. The number of hydrogen-bond acceptors (Lipinski definition) is 6. The van der Waals surface area contributed by atoms with E-state index >= 15 is 0 Å². The van der Waals surface area contributed by atoms with Gasteiger partial charge in [0, 0.05) is 18.7 Å². The molecule has 28 heavy (non-hydrogen) atoms. The van der Waals surface area contributed by atoms with E-state index < -0.39 is 11.7 Å². The minimum absolute atomic E-state index is 0.158. The zero-order chi connectivity index (χ0) is 19.3. The number of nitrogens with zero attached hydrogens (tertiary/aromatic N) is 4. The van der Waals surface area contributed by atoms with Crippen LogP contribution < -0.4 is 5.32 Å². The highest BCUT2D eigenvalue weighted by molar-refractivity contribution is 5.74. The van der Waals surface area contributed by atoms with Gasteiger partial charge < -0.3 is 20.1 Å². The third kappa shape index (κ3) is 2.99. The van der Waals surface area contributed by atoms with Crippen LogP contribution in [0.5, 0.6) is 0 Å². The van der Waals surface area contributed by atoms with Crippen molar-refractivity contribution >= 4 is 22.9 Å². The Morgan fingerprint density at radius 2 is 2.29 bits per heavy atom. The monoisotopic (exact) mass is 384 g/mol. The molecule has 0 aliphatic heterocycles. The number of hydrogen-bond donors (Lipinski definition) is 3. The lowest BCUT2D eigenvalue weighted by molar-refractivity contribution is 0.0880. The highest BCUT2D eigenvalue weighted by Gasteiger charge is 2.42. The molecule has 3 unspecified atom stereocenters. The van der Waals surface area contributed by atoms with Gasteiger partial charge in [-0.2, -0.15) is 0 Å². The molecule has 3 heterocycles. The van der Waals surface area contributed by atoms with Crippen LogP contribution in [0.15, 0.2) is 18.5 Å². The van der Waals surface area contributed by atoms with Crippen LogP contribution >= 0.6 is 0 Å². The van der Waals surface area contributed by atoms with Gasteiger partial charge in [0.1, 0.15) is 11.9 Å². The Morgan fingerprint density at radius 3 is 3.07 bits per heavy atom. The second kappa shape index (κ2) is 6.44. The number of carbonyl (C=O) groups excluding carboxylic acids is 1. The summed E-state index contributed by atoms with van der Waals surface area (Å²) in [6.45, 7) is 2.41. The fourth-order valence-corrected chi connectivity index (χ4v) is 4.33. The number of aliphatic hydroxyl groups is 1. The highest BCUT2D eigenvalue weighted by atomic mass is 16.6. The maximum Gasteiger partial charge on any atom is 0.407 e. The molecule has 3 aromatic rings. The van der Waals surface area contributed by atoms with Crippen molar-refractivity contribution in [3.05, 3.63) is 24.3 Å². The molecule has 2 fully saturated rings. The maximum atomic E-state index is 12.1. The predicted octanol–water partition coefficient (Wildman–Crippen LogP) is 2.13. The van der Waals surface area contributed by atoms with E-state index in [9.17, 15) is 9.90 Å². The van der Waals surface area contributed by atoms with Crippen LogP contribution in [-0.2, 0) is 4.74 Å². The molecule has 3 aromatic heterocycles. The quantitative estimate of drug-likeness (QED) is 0.620. The Kier molecular flexibility index (Phi) is 4.01. The molecule has 3 N–H and O–H groups in total. The molecule has 0 bridgehead atoms. The minimum atomic E-state index is -0.723. The minimum Gasteiger partial charge on any atom is -0.446 e. The van der Waals surface area contributed by atoms with Crippen LogP contribution in [-0.4, -0.2) is 54.0 Å². The number of nitrogens with one attached hydrogen (secondary N) is 2. The van der Waals surface area contributed by atoms with E-state index in [0.29, 0.717) is 12.3 Å². The molecule has 9 heteroatoms. The molecule has 5 rings (SSSR count). The van der Waals surface area contributed by atoms with Crippen molar-refractivity contribution in [2.24, 2.45) is 5.92 Å². The standard InChI is InChI=1S/C19H24N6O3/c1-2-11-7-12(28-18(26)22-10-19(27)4-5-19)8-13(11)17-24-23-15-9-21-16-14(25(15)17)3-6-20-16/h3,6,9,11-13,20,27H,2,4-5,7-8,10H2,1H3,(H,22,26). The zero-order valence-corrected chi connectivity index (χ0v) is 15.8. The van der Waals surface area contributed by atoms with Crippen molar-refractivity contribution in [3.63, 3.8) is 0 Å². The molecule has 3 atom stereocenters. The molecule has 2 aliphatic carbocycles. The van der Waals surface area contributed by atoms with Gasteiger partial charge in [-0.1, -0.05) is 13.3 Å². The number of aromatic nitrogens is 5. The van der Waals surface area contributed by atoms with E-state index in [-0.39, 0.29) is 18.6 Å². The zero-order valence-electron chi connectivity index (χ0n) is 15.8. The van der Waals surface area contributed by atoms with Gasteiger partial charge in [-0.15, -0.1) is 10.2 Å². The Morgan fingerprint density at radius 1 is 1.43 bits per heavy atom. The van der Waals surface area contributed by atoms with E-state index in [1.54, 1.807) is 6.20 Å². The number of rotatable bonds is 5. The first-order chi connectivity index (χ1) is 13.6. The van der Waals surface area contributed by atoms with E-state index in [0.717, 1.165) is 48.3 Å². The average molecular weight is 384 g/mol. The summed E-state index contributed by atoms with van der Waals surface area (Å²) in [4.78, 5) is 19.6. The number of H-pyrrole nitrogens is 1. The lowest BCUT2D eigenvalue weighted by Gasteiger charge is -2.15. The number of aromatic amines is 1. The Labute approximate surface area is 161 Å². The van der Waals surface area contributed by atoms with Gasteiger partial charge in [-0.05, 0) is 37.7 Å². The molecule has 2 aliphatic rings. The molecule has 9 nitrogen and oxygen atoms in total. The Hall–Kier alpha value is -2.68. The van der Waals surface area contributed by atoms with E-state index in [1.807, 2.05) is 12.3 Å². The van der Waals surface area contributed by atoms with E-state index in [1.165, 1.54) is 0 Å². The third-order valence-corrected chi connectivity index (χ3v) is 6.14. The molecule has 0 spiro atoms. The summed E-state index contributed by atoms with van der Waals surface area (Å²) in [6, 6.07) is 1.97. The van der Waals surface area contributed by atoms with Gasteiger partial charge in [-0.3, -0.25) is 4.40 Å². The second-order valence-electron chi connectivity index (χ2n) is 8.07. The largest absolute Gasteiger partial charge is 0.446 e. The number of ether oxygens (including phenoxy) is 1. The first-order valence-corrected chi connectivity index (χ1v) is 9.90. The third-order valence-electron chi connectivity index (χ3n) is 6.14. The topological polar surface area (TPSA) is 117 Å². The second-order valence-corrected chi connectivity index (χ2v) is 8.07. The summed E-state index contributed by atoms with van der Waals surface area (Å²) in [6.07, 6.45) is 6.91. The number of amides is 1. The Bertz CT molecular complexity index is 1020. The summed E-state index contributed by atoms with van der Waals surface area (Å²) in [5.74, 6) is 1.42.